The van der Waals surface area contributed by atoms with Crippen molar-refractivity contribution in [3.63, 3.8) is 0 Å². The fraction of sp³-hybridized carbons (Fsp3) is 0.308. The predicted octanol–water partition coefficient (Wildman–Crippen LogP) is 5.50. The molecule has 0 fully saturated rings. The van der Waals surface area contributed by atoms with Crippen molar-refractivity contribution in [1.82, 2.24) is 0 Å². The van der Waals surface area contributed by atoms with E-state index in [2.05, 4.69) is 0 Å². The monoisotopic (exact) mass is 420 g/mol. The first-order chi connectivity index (χ1) is 14.8. The van der Waals surface area contributed by atoms with Gasteiger partial charge >= 0.3 is 0 Å². The van der Waals surface area contributed by atoms with Crippen LogP contribution in [0.3, 0.4) is 0 Å². The van der Waals surface area contributed by atoms with Gasteiger partial charge in [0.25, 0.3) is 0 Å². The number of aliphatic hydroxyl groups excluding tert-OH is 1. The SMILES string of the molecule is CCC(O)CC(=O)c1ccc2c(OC)c(OC)c3ccc(C(=O)C=C(C)C)cc3c2c1. The second-order valence-electron chi connectivity index (χ2n) is 7.86. The molecule has 5 heteroatoms. The van der Waals surface area contributed by atoms with Gasteiger partial charge in [0.15, 0.2) is 23.1 Å². The second-order valence-corrected chi connectivity index (χ2v) is 7.86. The Morgan fingerprint density at radius 3 is 1.90 bits per heavy atom. The molecule has 1 N–H and O–H groups in total. The molecule has 3 rings (SSSR count). The first kappa shape index (κ1) is 22.5. The Morgan fingerprint density at radius 1 is 0.903 bits per heavy atom. The van der Waals surface area contributed by atoms with E-state index in [0.717, 1.165) is 27.1 Å². The van der Waals surface area contributed by atoms with Crippen LogP contribution < -0.4 is 9.47 Å². The van der Waals surface area contributed by atoms with E-state index in [1.165, 1.54) is 0 Å². The highest BCUT2D eigenvalue weighted by Crippen LogP contribution is 2.44. The van der Waals surface area contributed by atoms with Crippen LogP contribution in [0.15, 0.2) is 48.0 Å². The maximum absolute atomic E-state index is 12.7. The molecule has 3 aromatic rings. The lowest BCUT2D eigenvalue weighted by Gasteiger charge is -2.16. The lowest BCUT2D eigenvalue weighted by molar-refractivity contribution is 0.0875. The molecule has 1 unspecified atom stereocenters. The number of carbonyl (C=O) groups excluding carboxylic acids is 2. The molecule has 0 aromatic heterocycles. The van der Waals surface area contributed by atoms with E-state index in [1.807, 2.05) is 39.0 Å². The van der Waals surface area contributed by atoms with Gasteiger partial charge in [-0.3, -0.25) is 9.59 Å². The summed E-state index contributed by atoms with van der Waals surface area (Å²) in [5.41, 5.74) is 1.99. The summed E-state index contributed by atoms with van der Waals surface area (Å²) in [4.78, 5) is 25.3. The average molecular weight is 421 g/mol. The van der Waals surface area contributed by atoms with Crippen LogP contribution >= 0.6 is 0 Å². The van der Waals surface area contributed by atoms with Crippen molar-refractivity contribution in [2.45, 2.75) is 39.7 Å². The lowest BCUT2D eigenvalue weighted by atomic mass is 9.94. The van der Waals surface area contributed by atoms with Gasteiger partial charge in [0.05, 0.1) is 20.3 Å². The number of fused-ring (bicyclic) bond motifs is 3. The summed E-state index contributed by atoms with van der Waals surface area (Å²) >= 11 is 0. The Bertz CT molecular complexity index is 1190. The molecule has 5 nitrogen and oxygen atoms in total. The summed E-state index contributed by atoms with van der Waals surface area (Å²) in [6.45, 7) is 5.60. The molecule has 0 aliphatic heterocycles. The molecular formula is C26H28O5. The number of hydrogen-bond acceptors (Lipinski definition) is 5. The summed E-state index contributed by atoms with van der Waals surface area (Å²) in [6.07, 6.45) is 1.52. The van der Waals surface area contributed by atoms with Gasteiger partial charge in [-0.15, -0.1) is 0 Å². The molecular weight excluding hydrogens is 392 g/mol. The van der Waals surface area contributed by atoms with Gasteiger partial charge in [-0.1, -0.05) is 24.6 Å². The van der Waals surface area contributed by atoms with E-state index in [1.54, 1.807) is 38.5 Å². The van der Waals surface area contributed by atoms with Gasteiger partial charge in [0.1, 0.15) is 0 Å². The van der Waals surface area contributed by atoms with Crippen LogP contribution in [0, 0.1) is 0 Å². The zero-order chi connectivity index (χ0) is 22.7. The smallest absolute Gasteiger partial charge is 0.185 e. The van der Waals surface area contributed by atoms with E-state index < -0.39 is 6.10 Å². The molecule has 0 heterocycles. The quantitative estimate of drug-likeness (QED) is 0.296. The summed E-state index contributed by atoms with van der Waals surface area (Å²) in [5.74, 6) is 0.937. The summed E-state index contributed by atoms with van der Waals surface area (Å²) < 4.78 is 11.3. The van der Waals surface area contributed by atoms with Crippen LogP contribution in [0.25, 0.3) is 21.5 Å². The average Bonchev–Trinajstić information content (AvgIpc) is 2.76. The highest BCUT2D eigenvalue weighted by Gasteiger charge is 2.19. The van der Waals surface area contributed by atoms with Crippen LogP contribution in [-0.2, 0) is 0 Å². The second kappa shape index (κ2) is 9.31. The van der Waals surface area contributed by atoms with E-state index in [9.17, 15) is 14.7 Å². The van der Waals surface area contributed by atoms with Crippen molar-refractivity contribution in [2.75, 3.05) is 14.2 Å². The minimum Gasteiger partial charge on any atom is -0.492 e. The van der Waals surface area contributed by atoms with Gasteiger partial charge in [0.2, 0.25) is 0 Å². The molecule has 0 aliphatic rings. The molecule has 1 atom stereocenters. The summed E-state index contributed by atoms with van der Waals surface area (Å²) in [7, 11) is 3.15. The molecule has 0 amide bonds. The Hall–Kier alpha value is -3.18. The number of allylic oxidation sites excluding steroid dienone is 2. The fourth-order valence-corrected chi connectivity index (χ4v) is 3.73. The number of benzene rings is 3. The van der Waals surface area contributed by atoms with Crippen molar-refractivity contribution in [3.05, 3.63) is 59.2 Å². The number of ether oxygens (including phenoxy) is 2. The van der Waals surface area contributed by atoms with E-state index in [4.69, 9.17) is 9.47 Å². The molecule has 3 aromatic carbocycles. The largest absolute Gasteiger partial charge is 0.492 e. The van der Waals surface area contributed by atoms with Crippen LogP contribution in [0.2, 0.25) is 0 Å². The van der Waals surface area contributed by atoms with Crippen molar-refractivity contribution < 1.29 is 24.2 Å². The zero-order valence-corrected chi connectivity index (χ0v) is 18.6. The maximum Gasteiger partial charge on any atom is 0.185 e. The van der Waals surface area contributed by atoms with E-state index in [-0.39, 0.29) is 18.0 Å². The molecule has 162 valence electrons. The third kappa shape index (κ3) is 4.47. The van der Waals surface area contributed by atoms with E-state index >= 15 is 0 Å². The first-order valence-corrected chi connectivity index (χ1v) is 10.3. The van der Waals surface area contributed by atoms with E-state index in [0.29, 0.717) is 29.0 Å². The van der Waals surface area contributed by atoms with Crippen LogP contribution in [-0.4, -0.2) is 37.0 Å². The standard InChI is InChI=1S/C26H28O5/c1-6-18(27)14-24(29)17-8-10-20-22(13-17)21-12-16(23(28)11-15(2)3)7-9-19(21)25(30-4)26(20)31-5/h7-13,18,27H,6,14H2,1-5H3. The van der Waals surface area contributed by atoms with Crippen LogP contribution in [0.4, 0.5) is 0 Å². The maximum atomic E-state index is 12.7. The molecule has 0 spiro atoms. The normalized spacial score (nSPS) is 11.9. The number of rotatable bonds is 8. The van der Waals surface area contributed by atoms with Gasteiger partial charge < -0.3 is 14.6 Å². The van der Waals surface area contributed by atoms with Crippen molar-refractivity contribution >= 4 is 33.1 Å². The summed E-state index contributed by atoms with van der Waals surface area (Å²) in [5, 5.41) is 13.1. The molecule has 31 heavy (non-hydrogen) atoms. The highest BCUT2D eigenvalue weighted by atomic mass is 16.5. The Morgan fingerprint density at radius 2 is 1.42 bits per heavy atom. The molecule has 0 saturated heterocycles. The van der Waals surface area contributed by atoms with Crippen molar-refractivity contribution in [1.29, 1.82) is 0 Å². The molecule has 0 saturated carbocycles. The van der Waals surface area contributed by atoms with Crippen molar-refractivity contribution in [3.8, 4) is 11.5 Å². The predicted molar refractivity (Wildman–Crippen MR) is 124 cm³/mol. The third-order valence-corrected chi connectivity index (χ3v) is 5.35. The number of carbonyl (C=O) groups is 2. The van der Waals surface area contributed by atoms with Gasteiger partial charge in [-0.2, -0.15) is 0 Å². The minimum absolute atomic E-state index is 0.0670. The number of methoxy groups -OCH3 is 2. The number of Topliss-reactive ketones (excluding diaryl/α,β-unsaturated/α-hetero) is 1. The minimum atomic E-state index is -0.668. The van der Waals surface area contributed by atoms with Crippen molar-refractivity contribution in [2.24, 2.45) is 0 Å². The van der Waals surface area contributed by atoms with Gasteiger partial charge in [0, 0.05) is 28.3 Å². The number of hydrogen-bond donors (Lipinski definition) is 1. The zero-order valence-electron chi connectivity index (χ0n) is 18.6. The Labute approximate surface area is 182 Å². The molecule has 0 bridgehead atoms. The van der Waals surface area contributed by atoms with Gasteiger partial charge in [-0.25, -0.2) is 0 Å². The Kier molecular flexibility index (Phi) is 6.76. The van der Waals surface area contributed by atoms with Crippen LogP contribution in [0.5, 0.6) is 11.5 Å². The van der Waals surface area contributed by atoms with Gasteiger partial charge in [-0.05, 0) is 61.4 Å². The van der Waals surface area contributed by atoms with Crippen LogP contribution in [0.1, 0.15) is 54.3 Å². The number of aliphatic hydroxyl groups is 1. The first-order valence-electron chi connectivity index (χ1n) is 10.3. The third-order valence-electron chi connectivity index (χ3n) is 5.35. The molecule has 0 radical (unpaired) electrons. The summed E-state index contributed by atoms with van der Waals surface area (Å²) in [6, 6.07) is 10.8. The fourth-order valence-electron chi connectivity index (χ4n) is 3.73. The highest BCUT2D eigenvalue weighted by molar-refractivity contribution is 6.18. The lowest BCUT2D eigenvalue weighted by Crippen LogP contribution is -2.12. The topological polar surface area (TPSA) is 72.8 Å². The number of ketones is 2. The Balaban J connectivity index is 2.31. The molecule has 0 aliphatic carbocycles.